The molecule has 8 heteroatoms. The van der Waals surface area contributed by atoms with Crippen LogP contribution >= 0.6 is 23.2 Å². The summed E-state index contributed by atoms with van der Waals surface area (Å²) in [6, 6.07) is 8.53. The average Bonchev–Trinajstić information content (AvgIpc) is 2.67. The fraction of sp³-hybridized carbons (Fsp3) is 0.292. The second-order valence-electron chi connectivity index (χ2n) is 8.89. The predicted octanol–water partition coefficient (Wildman–Crippen LogP) is 5.99. The number of carbonyl (C=O) groups excluding carboxylic acids is 2. The van der Waals surface area contributed by atoms with Crippen LogP contribution in [0.15, 0.2) is 47.7 Å². The maximum atomic E-state index is 14.8. The van der Waals surface area contributed by atoms with E-state index in [1.54, 1.807) is 6.07 Å². The van der Waals surface area contributed by atoms with E-state index < -0.39 is 23.1 Å². The van der Waals surface area contributed by atoms with Crippen molar-refractivity contribution in [2.24, 2.45) is 5.41 Å². The molecule has 32 heavy (non-hydrogen) atoms. The Kier molecular flexibility index (Phi) is 5.63. The summed E-state index contributed by atoms with van der Waals surface area (Å²) in [6.45, 7) is 3.84. The molecule has 1 atom stereocenters. The summed E-state index contributed by atoms with van der Waals surface area (Å²) < 4.78 is 14.8. The summed E-state index contributed by atoms with van der Waals surface area (Å²) in [7, 11) is 0. The first-order valence-corrected chi connectivity index (χ1v) is 10.8. The zero-order valence-corrected chi connectivity index (χ0v) is 18.9. The Bertz CT molecular complexity index is 1180. The molecular weight excluding hydrogens is 456 g/mol. The minimum Gasteiger partial charge on any atom is -0.478 e. The third kappa shape index (κ3) is 3.82. The summed E-state index contributed by atoms with van der Waals surface area (Å²) in [5.41, 5.74) is 0.642. The van der Waals surface area contributed by atoms with E-state index in [2.05, 4.69) is 0 Å². The highest BCUT2D eigenvalue weighted by molar-refractivity contribution is 6.33. The van der Waals surface area contributed by atoms with Crippen LogP contribution in [0.5, 0.6) is 0 Å². The van der Waals surface area contributed by atoms with Gasteiger partial charge in [-0.05, 0) is 42.2 Å². The minimum atomic E-state index is -1.23. The normalized spacial score (nSPS) is 20.4. The lowest BCUT2D eigenvalue weighted by Gasteiger charge is -2.43. The molecule has 0 spiro atoms. The first-order chi connectivity index (χ1) is 15.0. The van der Waals surface area contributed by atoms with Gasteiger partial charge >= 0.3 is 5.97 Å². The predicted molar refractivity (Wildman–Crippen MR) is 120 cm³/mol. The molecule has 1 unspecified atom stereocenters. The lowest BCUT2D eigenvalue weighted by atomic mass is 9.69. The van der Waals surface area contributed by atoms with Gasteiger partial charge in [0.2, 0.25) is 5.91 Å². The summed E-state index contributed by atoms with van der Waals surface area (Å²) in [4.78, 5) is 39.6. The van der Waals surface area contributed by atoms with E-state index in [-0.39, 0.29) is 45.7 Å². The molecule has 1 aliphatic heterocycles. The van der Waals surface area contributed by atoms with E-state index in [1.165, 1.54) is 35.2 Å². The number of amides is 1. The zero-order valence-electron chi connectivity index (χ0n) is 17.4. The van der Waals surface area contributed by atoms with Gasteiger partial charge in [0.1, 0.15) is 5.82 Å². The SMILES string of the molecule is CC1(C)CC(=O)C2=C(C1)N(c1ccc(Cl)c(C(=O)O)c1)C(=O)CC2c1c(F)cccc1Cl. The van der Waals surface area contributed by atoms with Crippen LogP contribution in [0, 0.1) is 11.2 Å². The van der Waals surface area contributed by atoms with Crippen LogP contribution in [0.4, 0.5) is 10.1 Å². The van der Waals surface area contributed by atoms with Crippen LogP contribution in [0.2, 0.25) is 10.0 Å². The number of carboxylic acid groups (broad SMARTS) is 1. The van der Waals surface area contributed by atoms with E-state index in [1.807, 2.05) is 13.8 Å². The van der Waals surface area contributed by atoms with Gasteiger partial charge in [-0.3, -0.25) is 14.5 Å². The molecule has 2 aliphatic rings. The number of hydrogen-bond donors (Lipinski definition) is 1. The molecule has 166 valence electrons. The maximum Gasteiger partial charge on any atom is 0.337 e. The van der Waals surface area contributed by atoms with Crippen molar-refractivity contribution in [1.29, 1.82) is 0 Å². The molecule has 1 N–H and O–H groups in total. The van der Waals surface area contributed by atoms with Crippen molar-refractivity contribution < 1.29 is 23.9 Å². The quantitative estimate of drug-likeness (QED) is 0.590. The Balaban J connectivity index is 1.95. The molecule has 2 aromatic carbocycles. The molecule has 0 radical (unpaired) electrons. The summed E-state index contributed by atoms with van der Waals surface area (Å²) in [5, 5.41) is 9.64. The maximum absolute atomic E-state index is 14.8. The molecule has 0 saturated heterocycles. The molecule has 1 heterocycles. The van der Waals surface area contributed by atoms with Gasteiger partial charge < -0.3 is 5.11 Å². The van der Waals surface area contributed by atoms with Gasteiger partial charge in [0, 0.05) is 46.3 Å². The van der Waals surface area contributed by atoms with Crippen LogP contribution < -0.4 is 4.90 Å². The standard InChI is InChI=1S/C24H20Cl2FNO4/c1-24(2)10-18-22(19(29)11-24)14(21-16(26)4-3-5-17(21)27)9-20(30)28(18)12-6-7-15(25)13(8-12)23(31)32/h3-8,14H,9-11H2,1-2H3,(H,31,32). The highest BCUT2D eigenvalue weighted by Crippen LogP contribution is 2.49. The lowest BCUT2D eigenvalue weighted by molar-refractivity contribution is -0.121. The summed E-state index contributed by atoms with van der Waals surface area (Å²) >= 11 is 12.3. The Morgan fingerprint density at radius 1 is 1.12 bits per heavy atom. The van der Waals surface area contributed by atoms with E-state index in [0.29, 0.717) is 23.4 Å². The number of hydrogen-bond acceptors (Lipinski definition) is 3. The molecule has 0 aromatic heterocycles. The van der Waals surface area contributed by atoms with Crippen LogP contribution in [0.25, 0.3) is 0 Å². The second kappa shape index (κ2) is 8.01. The van der Waals surface area contributed by atoms with Gasteiger partial charge in [-0.15, -0.1) is 0 Å². The molecule has 0 bridgehead atoms. The largest absolute Gasteiger partial charge is 0.478 e. The fourth-order valence-electron chi connectivity index (χ4n) is 4.62. The van der Waals surface area contributed by atoms with Crippen molar-refractivity contribution in [3.63, 3.8) is 0 Å². The third-order valence-electron chi connectivity index (χ3n) is 5.93. The first kappa shape index (κ1) is 22.5. The van der Waals surface area contributed by atoms with Crippen molar-refractivity contribution in [3.05, 3.63) is 74.7 Å². The topological polar surface area (TPSA) is 74.7 Å². The Labute approximate surface area is 194 Å². The van der Waals surface area contributed by atoms with Crippen molar-refractivity contribution in [1.82, 2.24) is 0 Å². The van der Waals surface area contributed by atoms with Gasteiger partial charge in [-0.1, -0.05) is 43.1 Å². The van der Waals surface area contributed by atoms with Crippen LogP contribution in [0.1, 0.15) is 54.9 Å². The van der Waals surface area contributed by atoms with Crippen LogP contribution in [-0.4, -0.2) is 22.8 Å². The van der Waals surface area contributed by atoms with Crippen LogP contribution in [-0.2, 0) is 9.59 Å². The number of aromatic carboxylic acids is 1. The van der Waals surface area contributed by atoms with Gasteiger partial charge in [0.15, 0.2) is 5.78 Å². The van der Waals surface area contributed by atoms with E-state index in [4.69, 9.17) is 23.2 Å². The highest BCUT2D eigenvalue weighted by atomic mass is 35.5. The lowest BCUT2D eigenvalue weighted by Crippen LogP contribution is -2.44. The monoisotopic (exact) mass is 475 g/mol. The average molecular weight is 476 g/mol. The number of carbonyl (C=O) groups is 3. The van der Waals surface area contributed by atoms with Gasteiger partial charge in [0.05, 0.1) is 10.6 Å². The number of allylic oxidation sites excluding steroid dienone is 2. The number of rotatable bonds is 3. The summed E-state index contributed by atoms with van der Waals surface area (Å²) in [6.07, 6.45) is 0.460. The molecule has 2 aromatic rings. The molecule has 0 fully saturated rings. The Morgan fingerprint density at radius 3 is 2.50 bits per heavy atom. The van der Waals surface area contributed by atoms with Gasteiger partial charge in [-0.2, -0.15) is 0 Å². The van der Waals surface area contributed by atoms with Gasteiger partial charge in [0.25, 0.3) is 0 Å². The number of nitrogens with zero attached hydrogens (tertiary/aromatic N) is 1. The van der Waals surface area contributed by atoms with Crippen molar-refractivity contribution in [2.75, 3.05) is 4.90 Å². The van der Waals surface area contributed by atoms with Gasteiger partial charge in [-0.25, -0.2) is 9.18 Å². The van der Waals surface area contributed by atoms with E-state index >= 15 is 0 Å². The number of halogens is 3. The molecule has 5 nitrogen and oxygen atoms in total. The molecule has 1 amide bonds. The third-order valence-corrected chi connectivity index (χ3v) is 6.59. The summed E-state index contributed by atoms with van der Waals surface area (Å²) in [5.74, 6) is -3.17. The number of benzene rings is 2. The molecule has 1 aliphatic carbocycles. The smallest absolute Gasteiger partial charge is 0.337 e. The molecular formula is C24H20Cl2FNO4. The second-order valence-corrected chi connectivity index (χ2v) is 9.71. The van der Waals surface area contributed by atoms with E-state index in [9.17, 15) is 23.9 Å². The Hall–Kier alpha value is -2.70. The fourth-order valence-corrected chi connectivity index (χ4v) is 5.11. The number of Topliss-reactive ketones (excluding diaryl/α,β-unsaturated/α-hetero) is 1. The first-order valence-electron chi connectivity index (χ1n) is 10.1. The van der Waals surface area contributed by atoms with Crippen molar-refractivity contribution >= 4 is 46.5 Å². The Morgan fingerprint density at radius 2 is 1.84 bits per heavy atom. The van der Waals surface area contributed by atoms with Crippen molar-refractivity contribution in [2.45, 2.75) is 39.0 Å². The van der Waals surface area contributed by atoms with Crippen molar-refractivity contribution in [3.8, 4) is 0 Å². The van der Waals surface area contributed by atoms with E-state index in [0.717, 1.165) is 0 Å². The number of ketones is 1. The zero-order chi connectivity index (χ0) is 23.4. The molecule has 4 rings (SSSR count). The minimum absolute atomic E-state index is 0.0379. The molecule has 0 saturated carbocycles. The highest BCUT2D eigenvalue weighted by Gasteiger charge is 2.45. The van der Waals surface area contributed by atoms with Crippen LogP contribution in [0.3, 0.4) is 0 Å². The number of anilines is 1. The number of carboxylic acids is 1.